The van der Waals surface area contributed by atoms with Gasteiger partial charge < -0.3 is 10.6 Å². The Hall–Kier alpha value is -0.410. The summed E-state index contributed by atoms with van der Waals surface area (Å²) in [7, 11) is 3.95. The second kappa shape index (κ2) is 6.11. The highest BCUT2D eigenvalue weighted by Gasteiger charge is 2.22. The van der Waals surface area contributed by atoms with Gasteiger partial charge in [0.05, 0.1) is 6.04 Å². The zero-order valence-electron chi connectivity index (χ0n) is 9.21. The van der Waals surface area contributed by atoms with Crippen molar-refractivity contribution in [1.29, 1.82) is 0 Å². The molecule has 78 valence electrons. The van der Waals surface area contributed by atoms with Gasteiger partial charge in [0, 0.05) is 6.04 Å². The van der Waals surface area contributed by atoms with Crippen LogP contribution in [0, 0.1) is 0 Å². The molecule has 2 unspecified atom stereocenters. The Bertz CT molecular complexity index is 157. The Balaban J connectivity index is 4.15. The third-order valence-electron chi connectivity index (χ3n) is 2.40. The van der Waals surface area contributed by atoms with Gasteiger partial charge in [0.1, 0.15) is 5.78 Å². The first-order valence-corrected chi connectivity index (χ1v) is 4.93. The first-order valence-electron chi connectivity index (χ1n) is 4.93. The number of Topliss-reactive ketones (excluding diaryl/α,β-unsaturated/α-hetero) is 1. The number of nitrogens with two attached hydrogens (primary N) is 1. The molecule has 0 aromatic rings. The van der Waals surface area contributed by atoms with Gasteiger partial charge in [-0.25, -0.2) is 0 Å². The number of nitrogens with zero attached hydrogens (tertiary/aromatic N) is 1. The molecule has 0 aliphatic rings. The number of ketones is 1. The van der Waals surface area contributed by atoms with E-state index in [1.807, 2.05) is 19.0 Å². The van der Waals surface area contributed by atoms with E-state index in [0.717, 1.165) is 19.3 Å². The van der Waals surface area contributed by atoms with Crippen molar-refractivity contribution in [3.63, 3.8) is 0 Å². The number of hydrogen-bond donors (Lipinski definition) is 1. The molecule has 2 N–H and O–H groups in total. The molecule has 3 heteroatoms. The number of carbonyl (C=O) groups is 1. The summed E-state index contributed by atoms with van der Waals surface area (Å²) in [5.41, 5.74) is 5.81. The molecule has 2 atom stereocenters. The van der Waals surface area contributed by atoms with Gasteiger partial charge in [-0.05, 0) is 27.4 Å². The fraction of sp³-hybridized carbons (Fsp3) is 0.900. The van der Waals surface area contributed by atoms with Crippen molar-refractivity contribution in [3.8, 4) is 0 Å². The lowest BCUT2D eigenvalue weighted by Gasteiger charge is -2.28. The Morgan fingerprint density at radius 1 is 1.46 bits per heavy atom. The molecule has 0 fully saturated rings. The van der Waals surface area contributed by atoms with E-state index in [1.54, 1.807) is 6.92 Å². The summed E-state index contributed by atoms with van der Waals surface area (Å²) >= 11 is 0. The van der Waals surface area contributed by atoms with Gasteiger partial charge >= 0.3 is 0 Å². The largest absolute Gasteiger partial charge is 0.320 e. The highest BCUT2D eigenvalue weighted by molar-refractivity contribution is 5.81. The van der Waals surface area contributed by atoms with Crippen LogP contribution in [0.3, 0.4) is 0 Å². The van der Waals surface area contributed by atoms with E-state index in [2.05, 4.69) is 6.92 Å². The van der Waals surface area contributed by atoms with Crippen LogP contribution in [0.2, 0.25) is 0 Å². The number of rotatable bonds is 6. The van der Waals surface area contributed by atoms with Crippen LogP contribution in [-0.2, 0) is 4.79 Å². The Morgan fingerprint density at radius 3 is 2.31 bits per heavy atom. The van der Waals surface area contributed by atoms with Crippen LogP contribution in [0.1, 0.15) is 33.1 Å². The third-order valence-corrected chi connectivity index (χ3v) is 2.40. The van der Waals surface area contributed by atoms with Gasteiger partial charge in [-0.1, -0.05) is 19.8 Å². The molecular weight excluding hydrogens is 164 g/mol. The van der Waals surface area contributed by atoms with Crippen LogP contribution in [0.5, 0.6) is 0 Å². The number of carbonyl (C=O) groups excluding carboxylic acids is 1. The van der Waals surface area contributed by atoms with Gasteiger partial charge in [-0.2, -0.15) is 0 Å². The summed E-state index contributed by atoms with van der Waals surface area (Å²) in [6, 6.07) is -0.140. The highest BCUT2D eigenvalue weighted by atomic mass is 16.1. The summed E-state index contributed by atoms with van der Waals surface area (Å²) < 4.78 is 0. The number of likely N-dealkylation sites (N-methyl/N-ethyl adjacent to an activating group) is 1. The molecule has 0 bridgehead atoms. The van der Waals surface area contributed by atoms with Crippen molar-refractivity contribution in [2.24, 2.45) is 5.73 Å². The molecule has 13 heavy (non-hydrogen) atoms. The molecule has 0 saturated carbocycles. The molecule has 0 amide bonds. The van der Waals surface area contributed by atoms with E-state index in [1.165, 1.54) is 0 Å². The normalized spacial score (nSPS) is 15.8. The molecular formula is C10H22N2O. The maximum absolute atomic E-state index is 11.1. The van der Waals surface area contributed by atoms with E-state index in [0.29, 0.717) is 0 Å². The zero-order valence-corrected chi connectivity index (χ0v) is 9.21. The summed E-state index contributed by atoms with van der Waals surface area (Å²) in [4.78, 5) is 13.1. The van der Waals surface area contributed by atoms with E-state index < -0.39 is 0 Å². The van der Waals surface area contributed by atoms with E-state index in [4.69, 9.17) is 5.73 Å². The lowest BCUT2D eigenvalue weighted by atomic mass is 9.99. The van der Waals surface area contributed by atoms with Crippen molar-refractivity contribution < 1.29 is 4.79 Å². The molecule has 0 aromatic carbocycles. The topological polar surface area (TPSA) is 46.3 Å². The standard InChI is InChI=1S/C10H22N2O/c1-5-6-7-9(12(3)4)10(11)8(2)13/h9-10H,5-7,11H2,1-4H3. The quantitative estimate of drug-likeness (QED) is 0.673. The van der Waals surface area contributed by atoms with Crippen LogP contribution in [0.4, 0.5) is 0 Å². The molecule has 0 saturated heterocycles. The van der Waals surface area contributed by atoms with Gasteiger partial charge in [0.15, 0.2) is 0 Å². The first kappa shape index (κ1) is 12.6. The highest BCUT2D eigenvalue weighted by Crippen LogP contribution is 2.09. The van der Waals surface area contributed by atoms with Gasteiger partial charge in [0.2, 0.25) is 0 Å². The zero-order chi connectivity index (χ0) is 10.4. The average Bonchev–Trinajstić information content (AvgIpc) is 2.04. The molecule has 0 aromatic heterocycles. The molecule has 0 radical (unpaired) electrons. The maximum Gasteiger partial charge on any atom is 0.148 e. The van der Waals surface area contributed by atoms with Crippen LogP contribution in [-0.4, -0.2) is 36.9 Å². The van der Waals surface area contributed by atoms with Crippen LogP contribution in [0.15, 0.2) is 0 Å². The maximum atomic E-state index is 11.1. The monoisotopic (exact) mass is 186 g/mol. The Kier molecular flexibility index (Phi) is 5.91. The van der Waals surface area contributed by atoms with Gasteiger partial charge in [-0.3, -0.25) is 4.79 Å². The van der Waals surface area contributed by atoms with Crippen molar-refractivity contribution in [2.75, 3.05) is 14.1 Å². The van der Waals surface area contributed by atoms with E-state index >= 15 is 0 Å². The molecule has 3 nitrogen and oxygen atoms in total. The number of hydrogen-bond acceptors (Lipinski definition) is 3. The van der Waals surface area contributed by atoms with Crippen molar-refractivity contribution in [1.82, 2.24) is 4.90 Å². The average molecular weight is 186 g/mol. The number of unbranched alkanes of at least 4 members (excludes halogenated alkanes) is 1. The smallest absolute Gasteiger partial charge is 0.148 e. The predicted octanol–water partition coefficient (Wildman–Crippen LogP) is 1.02. The van der Waals surface area contributed by atoms with Crippen molar-refractivity contribution >= 4 is 5.78 Å². The molecule has 0 heterocycles. The Labute approximate surface area is 81.3 Å². The lowest BCUT2D eigenvalue weighted by molar-refractivity contribution is -0.119. The minimum absolute atomic E-state index is 0.0785. The van der Waals surface area contributed by atoms with Gasteiger partial charge in [-0.15, -0.1) is 0 Å². The van der Waals surface area contributed by atoms with Crippen molar-refractivity contribution in [2.45, 2.75) is 45.2 Å². The molecule has 0 rings (SSSR count). The fourth-order valence-corrected chi connectivity index (χ4v) is 1.44. The summed E-state index contributed by atoms with van der Waals surface area (Å²) in [5, 5.41) is 0. The molecule has 0 aliphatic carbocycles. The van der Waals surface area contributed by atoms with Gasteiger partial charge in [0.25, 0.3) is 0 Å². The SMILES string of the molecule is CCCCC(C(N)C(C)=O)N(C)C. The van der Waals surface area contributed by atoms with E-state index in [-0.39, 0.29) is 17.9 Å². The second-order valence-corrected chi connectivity index (χ2v) is 3.81. The fourth-order valence-electron chi connectivity index (χ4n) is 1.44. The summed E-state index contributed by atoms with van der Waals surface area (Å²) in [5.74, 6) is 0.0785. The van der Waals surface area contributed by atoms with Crippen LogP contribution < -0.4 is 5.73 Å². The minimum atomic E-state index is -0.332. The summed E-state index contributed by atoms with van der Waals surface area (Å²) in [6.07, 6.45) is 3.28. The minimum Gasteiger partial charge on any atom is -0.320 e. The first-order chi connectivity index (χ1) is 6.00. The Morgan fingerprint density at radius 2 is 2.00 bits per heavy atom. The van der Waals surface area contributed by atoms with Crippen LogP contribution >= 0.6 is 0 Å². The lowest BCUT2D eigenvalue weighted by Crippen LogP contribution is -2.48. The van der Waals surface area contributed by atoms with Crippen molar-refractivity contribution in [3.05, 3.63) is 0 Å². The van der Waals surface area contributed by atoms with Crippen LogP contribution in [0.25, 0.3) is 0 Å². The molecule has 0 spiro atoms. The second-order valence-electron chi connectivity index (χ2n) is 3.81. The predicted molar refractivity (Wildman–Crippen MR) is 55.7 cm³/mol. The van der Waals surface area contributed by atoms with E-state index in [9.17, 15) is 4.79 Å². The third kappa shape index (κ3) is 4.39. The molecule has 0 aliphatic heterocycles. The summed E-state index contributed by atoms with van der Waals surface area (Å²) in [6.45, 7) is 3.71.